The molecule has 0 radical (unpaired) electrons. The maximum atomic E-state index is 5.70. The van der Waals surface area contributed by atoms with Gasteiger partial charge in [-0.15, -0.1) is 0 Å². The van der Waals surface area contributed by atoms with Crippen molar-refractivity contribution < 1.29 is 9.15 Å². The van der Waals surface area contributed by atoms with Gasteiger partial charge in [-0.1, -0.05) is 26.0 Å². The Morgan fingerprint density at radius 3 is 2.65 bits per heavy atom. The Hall–Kier alpha value is -1.74. The molecule has 0 aliphatic heterocycles. The molecule has 1 aromatic carbocycles. The highest BCUT2D eigenvalue weighted by Gasteiger charge is 2.02. The van der Waals surface area contributed by atoms with E-state index in [1.807, 2.05) is 24.3 Å². The lowest BCUT2D eigenvalue weighted by Crippen LogP contribution is -2.20. The van der Waals surface area contributed by atoms with Gasteiger partial charge in [0.2, 0.25) is 0 Å². The molecule has 1 aromatic heterocycles. The molecule has 0 spiro atoms. The van der Waals surface area contributed by atoms with E-state index in [1.54, 1.807) is 6.26 Å². The molecule has 0 saturated heterocycles. The fourth-order valence-electron chi connectivity index (χ4n) is 1.99. The lowest BCUT2D eigenvalue weighted by atomic mass is 9.99. The van der Waals surface area contributed by atoms with E-state index in [0.717, 1.165) is 31.0 Å². The van der Waals surface area contributed by atoms with Crippen LogP contribution in [0.4, 0.5) is 0 Å². The molecule has 0 saturated carbocycles. The van der Waals surface area contributed by atoms with E-state index in [0.29, 0.717) is 12.5 Å². The lowest BCUT2D eigenvalue weighted by Gasteiger charge is -2.11. The zero-order valence-corrected chi connectivity index (χ0v) is 12.3. The number of hydrogen-bond donors (Lipinski definition) is 1. The summed E-state index contributed by atoms with van der Waals surface area (Å²) >= 11 is 0. The fraction of sp³-hybridized carbons (Fsp3) is 0.412. The minimum atomic E-state index is 0.610. The van der Waals surface area contributed by atoms with Crippen molar-refractivity contribution in [1.82, 2.24) is 5.32 Å². The fourth-order valence-corrected chi connectivity index (χ4v) is 1.99. The van der Waals surface area contributed by atoms with Gasteiger partial charge in [0.05, 0.1) is 12.8 Å². The molecule has 0 aliphatic rings. The Balaban J connectivity index is 1.66. The van der Waals surface area contributed by atoms with Crippen LogP contribution < -0.4 is 10.1 Å². The van der Waals surface area contributed by atoms with Crippen LogP contribution in [-0.4, -0.2) is 13.2 Å². The monoisotopic (exact) mass is 273 g/mol. The summed E-state index contributed by atoms with van der Waals surface area (Å²) in [4.78, 5) is 0. The van der Waals surface area contributed by atoms with Crippen LogP contribution in [0.1, 0.15) is 37.5 Å². The molecule has 1 N–H and O–H groups in total. The summed E-state index contributed by atoms with van der Waals surface area (Å²) in [6, 6.07) is 12.3. The Kier molecular flexibility index (Phi) is 5.69. The summed E-state index contributed by atoms with van der Waals surface area (Å²) in [7, 11) is 0. The highest BCUT2D eigenvalue weighted by atomic mass is 16.5. The second-order valence-electron chi connectivity index (χ2n) is 4.98. The van der Waals surface area contributed by atoms with E-state index in [9.17, 15) is 0 Å². The first-order chi connectivity index (χ1) is 9.79. The number of ether oxygens (including phenoxy) is 1. The molecular formula is C17H23NO2. The minimum absolute atomic E-state index is 0.610. The molecule has 0 aliphatic carbocycles. The van der Waals surface area contributed by atoms with Crippen molar-refractivity contribution in [2.75, 3.05) is 13.2 Å². The zero-order chi connectivity index (χ0) is 14.2. The topological polar surface area (TPSA) is 34.4 Å². The molecule has 0 fully saturated rings. The molecule has 20 heavy (non-hydrogen) atoms. The minimum Gasteiger partial charge on any atom is -0.492 e. The first kappa shape index (κ1) is 14.7. The molecule has 1 atom stereocenters. The molecule has 3 nitrogen and oxygen atoms in total. The molecule has 1 unspecified atom stereocenters. The van der Waals surface area contributed by atoms with Gasteiger partial charge in [0, 0.05) is 6.54 Å². The van der Waals surface area contributed by atoms with Crippen molar-refractivity contribution in [1.29, 1.82) is 0 Å². The number of furan rings is 1. The summed E-state index contributed by atoms with van der Waals surface area (Å²) < 4.78 is 10.9. The van der Waals surface area contributed by atoms with E-state index < -0.39 is 0 Å². The third-order valence-electron chi connectivity index (χ3n) is 3.49. The Morgan fingerprint density at radius 1 is 1.20 bits per heavy atom. The van der Waals surface area contributed by atoms with Crippen LogP contribution in [0.3, 0.4) is 0 Å². The van der Waals surface area contributed by atoms with Gasteiger partial charge in [-0.05, 0) is 42.2 Å². The highest BCUT2D eigenvalue weighted by molar-refractivity contribution is 5.29. The van der Waals surface area contributed by atoms with Crippen molar-refractivity contribution >= 4 is 0 Å². The third-order valence-corrected chi connectivity index (χ3v) is 3.49. The Labute approximate surface area is 121 Å². The summed E-state index contributed by atoms with van der Waals surface area (Å²) in [6.45, 7) is 6.65. The molecule has 3 heteroatoms. The smallest absolute Gasteiger partial charge is 0.119 e. The second-order valence-corrected chi connectivity index (χ2v) is 4.98. The van der Waals surface area contributed by atoms with E-state index in [-0.39, 0.29) is 0 Å². The van der Waals surface area contributed by atoms with Crippen molar-refractivity contribution in [2.45, 2.75) is 32.7 Å². The zero-order valence-electron chi connectivity index (χ0n) is 12.3. The largest absolute Gasteiger partial charge is 0.492 e. The summed E-state index contributed by atoms with van der Waals surface area (Å²) in [5, 5.41) is 3.28. The van der Waals surface area contributed by atoms with Crippen LogP contribution in [-0.2, 0) is 6.54 Å². The van der Waals surface area contributed by atoms with Gasteiger partial charge in [0.1, 0.15) is 18.1 Å². The van der Waals surface area contributed by atoms with Gasteiger partial charge in [0.15, 0.2) is 0 Å². The van der Waals surface area contributed by atoms with Crippen molar-refractivity contribution in [3.05, 3.63) is 54.0 Å². The van der Waals surface area contributed by atoms with Gasteiger partial charge in [0.25, 0.3) is 0 Å². The standard InChI is InChI=1S/C17H23NO2/c1-3-14(2)15-6-8-16(9-7-15)20-12-10-18-13-17-5-4-11-19-17/h4-9,11,14,18H,3,10,12-13H2,1-2H3. The van der Waals surface area contributed by atoms with Gasteiger partial charge in [-0.25, -0.2) is 0 Å². The quantitative estimate of drug-likeness (QED) is 0.739. The maximum absolute atomic E-state index is 5.70. The van der Waals surface area contributed by atoms with Gasteiger partial charge < -0.3 is 14.5 Å². The predicted molar refractivity (Wildman–Crippen MR) is 81.1 cm³/mol. The van der Waals surface area contributed by atoms with E-state index in [2.05, 4.69) is 31.3 Å². The summed E-state index contributed by atoms with van der Waals surface area (Å²) in [5.74, 6) is 2.48. The summed E-state index contributed by atoms with van der Waals surface area (Å²) in [5.41, 5.74) is 1.37. The molecular weight excluding hydrogens is 250 g/mol. The van der Waals surface area contributed by atoms with Crippen LogP contribution >= 0.6 is 0 Å². The summed E-state index contributed by atoms with van der Waals surface area (Å²) in [6.07, 6.45) is 2.85. The van der Waals surface area contributed by atoms with Crippen LogP contribution in [0.15, 0.2) is 47.1 Å². The van der Waals surface area contributed by atoms with Crippen molar-refractivity contribution in [2.24, 2.45) is 0 Å². The maximum Gasteiger partial charge on any atom is 0.119 e. The lowest BCUT2D eigenvalue weighted by molar-refractivity contribution is 0.311. The van der Waals surface area contributed by atoms with E-state index >= 15 is 0 Å². The van der Waals surface area contributed by atoms with Crippen molar-refractivity contribution in [3.8, 4) is 5.75 Å². The number of hydrogen-bond acceptors (Lipinski definition) is 3. The molecule has 0 amide bonds. The first-order valence-corrected chi connectivity index (χ1v) is 7.25. The third kappa shape index (κ3) is 4.42. The van der Waals surface area contributed by atoms with Crippen LogP contribution in [0.25, 0.3) is 0 Å². The number of rotatable bonds is 8. The molecule has 2 rings (SSSR count). The second kappa shape index (κ2) is 7.75. The van der Waals surface area contributed by atoms with Gasteiger partial charge in [-0.3, -0.25) is 0 Å². The normalized spacial score (nSPS) is 12.3. The van der Waals surface area contributed by atoms with E-state index in [1.165, 1.54) is 5.56 Å². The molecule has 2 aromatic rings. The average Bonchev–Trinajstić information content (AvgIpc) is 3.00. The first-order valence-electron chi connectivity index (χ1n) is 7.25. The van der Waals surface area contributed by atoms with E-state index in [4.69, 9.17) is 9.15 Å². The van der Waals surface area contributed by atoms with Crippen LogP contribution in [0.2, 0.25) is 0 Å². The molecule has 0 bridgehead atoms. The SMILES string of the molecule is CCC(C)c1ccc(OCCNCc2ccco2)cc1. The van der Waals surface area contributed by atoms with Crippen molar-refractivity contribution in [3.63, 3.8) is 0 Å². The average molecular weight is 273 g/mol. The molecule has 108 valence electrons. The molecule has 1 heterocycles. The van der Waals surface area contributed by atoms with Crippen LogP contribution in [0.5, 0.6) is 5.75 Å². The number of benzene rings is 1. The van der Waals surface area contributed by atoms with Gasteiger partial charge in [-0.2, -0.15) is 0 Å². The Bertz CT molecular complexity index is 476. The van der Waals surface area contributed by atoms with Crippen LogP contribution in [0, 0.1) is 0 Å². The predicted octanol–water partition coefficient (Wildman–Crippen LogP) is 3.96. The van der Waals surface area contributed by atoms with Gasteiger partial charge >= 0.3 is 0 Å². The number of nitrogens with one attached hydrogen (secondary N) is 1. The Morgan fingerprint density at radius 2 is 2.00 bits per heavy atom. The highest BCUT2D eigenvalue weighted by Crippen LogP contribution is 2.21.